The maximum absolute atomic E-state index is 12.0. The molecule has 0 bridgehead atoms. The SMILES string of the molecule is CC(C)NCCS(=O)(=O)N1CCN(CCO)CC1. The molecule has 108 valence electrons. The molecule has 0 atom stereocenters. The second kappa shape index (κ2) is 7.40. The lowest BCUT2D eigenvalue weighted by molar-refractivity contribution is 0.151. The molecule has 1 saturated heterocycles. The quantitative estimate of drug-likeness (QED) is 0.620. The Morgan fingerprint density at radius 3 is 2.33 bits per heavy atom. The van der Waals surface area contributed by atoms with Gasteiger partial charge in [-0.25, -0.2) is 8.42 Å². The number of nitrogens with zero attached hydrogens (tertiary/aromatic N) is 2. The van der Waals surface area contributed by atoms with Gasteiger partial charge in [-0.1, -0.05) is 13.8 Å². The van der Waals surface area contributed by atoms with Crippen LogP contribution in [0.25, 0.3) is 0 Å². The van der Waals surface area contributed by atoms with E-state index in [0.29, 0.717) is 45.3 Å². The molecule has 1 fully saturated rings. The lowest BCUT2D eigenvalue weighted by Gasteiger charge is -2.33. The normalized spacial score (nSPS) is 19.6. The average Bonchev–Trinajstić information content (AvgIpc) is 2.29. The molecule has 1 aliphatic heterocycles. The van der Waals surface area contributed by atoms with Crippen molar-refractivity contribution >= 4 is 10.0 Å². The van der Waals surface area contributed by atoms with Crippen LogP contribution in [-0.2, 0) is 10.0 Å². The van der Waals surface area contributed by atoms with E-state index >= 15 is 0 Å². The van der Waals surface area contributed by atoms with Gasteiger partial charge in [0.2, 0.25) is 10.0 Å². The zero-order valence-corrected chi connectivity index (χ0v) is 12.1. The summed E-state index contributed by atoms with van der Waals surface area (Å²) in [6.07, 6.45) is 0. The van der Waals surface area contributed by atoms with Crippen LogP contribution in [0.3, 0.4) is 0 Å². The predicted octanol–water partition coefficient (Wildman–Crippen LogP) is -1.08. The van der Waals surface area contributed by atoms with Crippen molar-refractivity contribution in [3.8, 4) is 0 Å². The molecule has 6 nitrogen and oxygen atoms in total. The molecular weight excluding hydrogens is 254 g/mol. The number of piperazine rings is 1. The summed E-state index contributed by atoms with van der Waals surface area (Å²) in [6.45, 7) is 7.73. The molecule has 0 aromatic carbocycles. The Bertz CT molecular complexity index is 324. The highest BCUT2D eigenvalue weighted by Crippen LogP contribution is 2.07. The zero-order chi connectivity index (χ0) is 13.6. The number of aliphatic hydroxyl groups excluding tert-OH is 1. The van der Waals surface area contributed by atoms with Crippen LogP contribution in [-0.4, -0.2) is 80.4 Å². The van der Waals surface area contributed by atoms with Gasteiger partial charge in [0.15, 0.2) is 0 Å². The van der Waals surface area contributed by atoms with E-state index in [4.69, 9.17) is 5.11 Å². The fourth-order valence-electron chi connectivity index (χ4n) is 1.98. The van der Waals surface area contributed by atoms with Gasteiger partial charge >= 0.3 is 0 Å². The summed E-state index contributed by atoms with van der Waals surface area (Å²) in [7, 11) is -3.14. The molecule has 0 aliphatic carbocycles. The van der Waals surface area contributed by atoms with Crippen molar-refractivity contribution in [2.75, 3.05) is 51.6 Å². The summed E-state index contributed by atoms with van der Waals surface area (Å²) in [5.74, 6) is 0.158. The number of aliphatic hydroxyl groups is 1. The molecule has 0 amide bonds. The van der Waals surface area contributed by atoms with E-state index in [9.17, 15) is 8.42 Å². The van der Waals surface area contributed by atoms with Crippen LogP contribution >= 0.6 is 0 Å². The van der Waals surface area contributed by atoms with Crippen molar-refractivity contribution in [1.29, 1.82) is 0 Å². The maximum atomic E-state index is 12.0. The van der Waals surface area contributed by atoms with Gasteiger partial charge in [-0.2, -0.15) is 4.31 Å². The number of sulfonamides is 1. The molecule has 0 unspecified atom stereocenters. The highest BCUT2D eigenvalue weighted by Gasteiger charge is 2.26. The monoisotopic (exact) mass is 279 g/mol. The zero-order valence-electron chi connectivity index (χ0n) is 11.3. The summed E-state index contributed by atoms with van der Waals surface area (Å²) in [5.41, 5.74) is 0. The van der Waals surface area contributed by atoms with Gasteiger partial charge in [0, 0.05) is 45.3 Å². The lowest BCUT2D eigenvalue weighted by Crippen LogP contribution is -2.50. The molecule has 1 aliphatic rings. The topological polar surface area (TPSA) is 72.9 Å². The van der Waals surface area contributed by atoms with Crippen LogP contribution in [0.5, 0.6) is 0 Å². The van der Waals surface area contributed by atoms with Crippen LogP contribution in [0.1, 0.15) is 13.8 Å². The third-order valence-corrected chi connectivity index (χ3v) is 4.93. The number of rotatable bonds is 7. The second-order valence-corrected chi connectivity index (χ2v) is 6.98. The first-order chi connectivity index (χ1) is 8.45. The highest BCUT2D eigenvalue weighted by atomic mass is 32.2. The van der Waals surface area contributed by atoms with Crippen LogP contribution in [0.4, 0.5) is 0 Å². The minimum Gasteiger partial charge on any atom is -0.395 e. The Labute approximate surface area is 110 Å². The Morgan fingerprint density at radius 2 is 1.83 bits per heavy atom. The fraction of sp³-hybridized carbons (Fsp3) is 1.00. The third-order valence-electron chi connectivity index (χ3n) is 3.05. The molecule has 0 spiro atoms. The van der Waals surface area contributed by atoms with Crippen molar-refractivity contribution in [3.05, 3.63) is 0 Å². The van der Waals surface area contributed by atoms with Crippen LogP contribution < -0.4 is 5.32 Å². The summed E-state index contributed by atoms with van der Waals surface area (Å²) in [6, 6.07) is 0.307. The molecule has 2 N–H and O–H groups in total. The van der Waals surface area contributed by atoms with Gasteiger partial charge in [0.25, 0.3) is 0 Å². The van der Waals surface area contributed by atoms with Crippen LogP contribution in [0.2, 0.25) is 0 Å². The molecule has 7 heteroatoms. The Hall–Kier alpha value is -0.210. The van der Waals surface area contributed by atoms with Crippen molar-refractivity contribution < 1.29 is 13.5 Å². The third kappa shape index (κ3) is 5.19. The minimum absolute atomic E-state index is 0.130. The van der Waals surface area contributed by atoms with Crippen molar-refractivity contribution in [3.63, 3.8) is 0 Å². The van der Waals surface area contributed by atoms with Gasteiger partial charge in [-0.15, -0.1) is 0 Å². The number of β-amino-alcohol motifs (C(OH)–C–C–N with tert-alkyl or cyclic N) is 1. The van der Waals surface area contributed by atoms with E-state index in [1.165, 1.54) is 0 Å². The first-order valence-corrected chi connectivity index (χ1v) is 8.11. The van der Waals surface area contributed by atoms with E-state index in [-0.39, 0.29) is 12.4 Å². The van der Waals surface area contributed by atoms with Gasteiger partial charge in [0.1, 0.15) is 0 Å². The van der Waals surface area contributed by atoms with E-state index in [1.807, 2.05) is 13.8 Å². The summed E-state index contributed by atoms with van der Waals surface area (Å²) in [4.78, 5) is 2.08. The summed E-state index contributed by atoms with van der Waals surface area (Å²) in [5, 5.41) is 12.0. The van der Waals surface area contributed by atoms with Crippen molar-refractivity contribution in [2.45, 2.75) is 19.9 Å². The molecular formula is C11H25N3O3S. The average molecular weight is 279 g/mol. The first-order valence-electron chi connectivity index (χ1n) is 6.50. The molecule has 0 aromatic heterocycles. The summed E-state index contributed by atoms with van der Waals surface area (Å²) >= 11 is 0. The van der Waals surface area contributed by atoms with Gasteiger partial charge in [-0.3, -0.25) is 4.90 Å². The molecule has 1 heterocycles. The van der Waals surface area contributed by atoms with Crippen molar-refractivity contribution in [1.82, 2.24) is 14.5 Å². The standard InChI is InChI=1S/C11H25N3O3S/c1-11(2)12-3-10-18(16,17)14-6-4-13(5-7-14)8-9-15/h11-12,15H,3-10H2,1-2H3. The maximum Gasteiger partial charge on any atom is 0.215 e. The van der Waals surface area contributed by atoms with Crippen molar-refractivity contribution in [2.24, 2.45) is 0 Å². The fourth-order valence-corrected chi connectivity index (χ4v) is 3.33. The molecule has 0 saturated carbocycles. The van der Waals surface area contributed by atoms with Crippen LogP contribution in [0.15, 0.2) is 0 Å². The second-order valence-electron chi connectivity index (χ2n) is 4.89. The lowest BCUT2D eigenvalue weighted by atomic mass is 10.4. The largest absolute Gasteiger partial charge is 0.395 e. The minimum atomic E-state index is -3.14. The number of nitrogens with one attached hydrogen (secondary N) is 1. The van der Waals surface area contributed by atoms with E-state index < -0.39 is 10.0 Å². The molecule has 18 heavy (non-hydrogen) atoms. The summed E-state index contributed by atoms with van der Waals surface area (Å²) < 4.78 is 25.7. The molecule has 0 aromatic rings. The number of hydrogen-bond donors (Lipinski definition) is 2. The first kappa shape index (κ1) is 15.8. The van der Waals surface area contributed by atoms with Crippen LogP contribution in [0, 0.1) is 0 Å². The predicted molar refractivity (Wildman–Crippen MR) is 72.0 cm³/mol. The Balaban J connectivity index is 2.36. The number of hydrogen-bond acceptors (Lipinski definition) is 5. The Kier molecular flexibility index (Phi) is 6.51. The van der Waals surface area contributed by atoms with E-state index in [1.54, 1.807) is 4.31 Å². The smallest absolute Gasteiger partial charge is 0.215 e. The highest BCUT2D eigenvalue weighted by molar-refractivity contribution is 7.89. The molecule has 1 rings (SSSR count). The van der Waals surface area contributed by atoms with E-state index in [0.717, 1.165) is 0 Å². The van der Waals surface area contributed by atoms with Gasteiger partial charge < -0.3 is 10.4 Å². The van der Waals surface area contributed by atoms with Gasteiger partial charge in [-0.05, 0) is 0 Å². The van der Waals surface area contributed by atoms with E-state index in [2.05, 4.69) is 10.2 Å². The molecule has 0 radical (unpaired) electrons. The Morgan fingerprint density at radius 1 is 1.22 bits per heavy atom. The van der Waals surface area contributed by atoms with Gasteiger partial charge in [0.05, 0.1) is 12.4 Å².